The number of benzene rings is 1. The standard InChI is InChI=1S/C40H60N6O7/c1-10-12-17-28(33(47)35(49)41-18-11-2)43-34(48)32-30-27(40(30,8)9)21-46(32)36(50)31(26-19-24-15-13-14-16-25(24)20-26)45-37(51)44-29(39(5,6)7)22-53-38(52)42-23(3)4/h11,13-16,23,26-32H,2,10,12,17-22H2,1,3-9H3,(H,41,49)(H,42,52)(H,43,48)(H2,44,45,51)/t27-,28?,29+,30-,31-,32?/m0/s1. The van der Waals surface area contributed by atoms with E-state index < -0.39 is 59.3 Å². The van der Waals surface area contributed by atoms with E-state index in [9.17, 15) is 28.8 Å². The van der Waals surface area contributed by atoms with Gasteiger partial charge in [-0.3, -0.25) is 19.2 Å². The molecule has 53 heavy (non-hydrogen) atoms. The highest BCUT2D eigenvalue weighted by Crippen LogP contribution is 2.65. The normalized spacial score (nSPS) is 21.7. The van der Waals surface area contributed by atoms with Gasteiger partial charge in [-0.05, 0) is 72.8 Å². The molecule has 13 nitrogen and oxygen atoms in total. The third-order valence-corrected chi connectivity index (χ3v) is 11.1. The molecule has 2 unspecified atom stereocenters. The van der Waals surface area contributed by atoms with Gasteiger partial charge < -0.3 is 36.2 Å². The second kappa shape index (κ2) is 17.2. The van der Waals surface area contributed by atoms with Crippen LogP contribution in [0.2, 0.25) is 0 Å². The minimum atomic E-state index is -1.05. The second-order valence-corrected chi connectivity index (χ2v) is 16.8. The van der Waals surface area contributed by atoms with Gasteiger partial charge in [0.1, 0.15) is 18.7 Å². The van der Waals surface area contributed by atoms with Gasteiger partial charge in [0.2, 0.25) is 17.6 Å². The number of urea groups is 1. The highest BCUT2D eigenvalue weighted by atomic mass is 16.5. The largest absolute Gasteiger partial charge is 0.447 e. The monoisotopic (exact) mass is 736 g/mol. The lowest BCUT2D eigenvalue weighted by atomic mass is 9.87. The molecule has 1 saturated heterocycles. The van der Waals surface area contributed by atoms with Crippen LogP contribution in [0.1, 0.15) is 85.8 Å². The number of rotatable bonds is 16. The van der Waals surface area contributed by atoms with Gasteiger partial charge in [0.05, 0.1) is 12.1 Å². The van der Waals surface area contributed by atoms with Crippen molar-refractivity contribution in [1.82, 2.24) is 31.5 Å². The fourth-order valence-electron chi connectivity index (χ4n) is 7.83. The number of hydrogen-bond donors (Lipinski definition) is 5. The van der Waals surface area contributed by atoms with Crippen LogP contribution in [0.5, 0.6) is 0 Å². The topological polar surface area (TPSA) is 175 Å². The summed E-state index contributed by atoms with van der Waals surface area (Å²) >= 11 is 0. The Morgan fingerprint density at radius 1 is 1.00 bits per heavy atom. The number of alkyl carbamates (subject to hydrolysis) is 1. The highest BCUT2D eigenvalue weighted by molar-refractivity contribution is 6.38. The number of Topliss-reactive ketones (excluding diaryl/α,β-unsaturated/α-hetero) is 1. The minimum Gasteiger partial charge on any atom is -0.447 e. The summed E-state index contributed by atoms with van der Waals surface area (Å²) in [6.07, 6.45) is 3.65. The fraction of sp³-hybridized carbons (Fsp3) is 0.650. The molecule has 13 heteroatoms. The average Bonchev–Trinajstić information content (AvgIpc) is 3.44. The van der Waals surface area contributed by atoms with E-state index in [0.717, 1.165) is 17.5 Å². The molecule has 6 amide bonds. The quantitative estimate of drug-likeness (QED) is 0.127. The molecule has 0 radical (unpaired) electrons. The third-order valence-electron chi connectivity index (χ3n) is 11.1. The Labute approximate surface area is 314 Å². The summed E-state index contributed by atoms with van der Waals surface area (Å²) in [5.74, 6) is -2.78. The number of piperidine rings is 1. The van der Waals surface area contributed by atoms with E-state index in [-0.39, 0.29) is 54.7 Å². The SMILES string of the molecule is C=CCNC(=O)C(=O)C(CCCC)NC(=O)C1[C@@H]2[C@H](CN1C(=O)[C@@H](NC(=O)N[C@H](COC(=O)NC(C)C)C(C)(C)C)C1Cc3ccccc3C1)C2(C)C. The number of fused-ring (bicyclic) bond motifs is 2. The van der Waals surface area contributed by atoms with Crippen LogP contribution in [-0.4, -0.2) is 90.4 Å². The zero-order chi connectivity index (χ0) is 39.2. The van der Waals surface area contributed by atoms with Crippen molar-refractivity contribution < 1.29 is 33.5 Å². The van der Waals surface area contributed by atoms with Gasteiger partial charge in [-0.2, -0.15) is 0 Å². The summed E-state index contributed by atoms with van der Waals surface area (Å²) in [7, 11) is 0. The lowest BCUT2D eigenvalue weighted by Crippen LogP contribution is -2.61. The van der Waals surface area contributed by atoms with E-state index in [2.05, 4.69) is 47.0 Å². The molecule has 4 rings (SSSR count). The van der Waals surface area contributed by atoms with Crippen LogP contribution in [0, 0.1) is 28.6 Å². The third kappa shape index (κ3) is 9.97. The van der Waals surface area contributed by atoms with Crippen molar-refractivity contribution in [1.29, 1.82) is 0 Å². The smallest absolute Gasteiger partial charge is 0.407 e. The Bertz CT molecular complexity index is 1530. The molecule has 1 aliphatic heterocycles. The predicted molar refractivity (Wildman–Crippen MR) is 202 cm³/mol. The highest BCUT2D eigenvalue weighted by Gasteiger charge is 2.69. The van der Waals surface area contributed by atoms with Gasteiger partial charge in [0, 0.05) is 19.1 Å². The van der Waals surface area contributed by atoms with E-state index in [1.165, 1.54) is 6.08 Å². The number of carbonyl (C=O) groups excluding carboxylic acids is 6. The van der Waals surface area contributed by atoms with Crippen LogP contribution < -0.4 is 26.6 Å². The molecule has 1 heterocycles. The number of nitrogens with one attached hydrogen (secondary N) is 5. The van der Waals surface area contributed by atoms with Gasteiger partial charge in [0.25, 0.3) is 5.91 Å². The first-order chi connectivity index (χ1) is 24.9. The maximum atomic E-state index is 14.8. The predicted octanol–water partition coefficient (Wildman–Crippen LogP) is 3.65. The number of ketones is 1. The molecule has 0 bridgehead atoms. The summed E-state index contributed by atoms with van der Waals surface area (Å²) in [6, 6.07) is 3.74. The summed E-state index contributed by atoms with van der Waals surface area (Å²) in [6.45, 7) is 19.4. The maximum absolute atomic E-state index is 14.8. The van der Waals surface area contributed by atoms with E-state index in [0.29, 0.717) is 25.8 Å². The first-order valence-electron chi connectivity index (χ1n) is 19.0. The van der Waals surface area contributed by atoms with Crippen molar-refractivity contribution in [3.8, 4) is 0 Å². The maximum Gasteiger partial charge on any atom is 0.407 e. The van der Waals surface area contributed by atoms with Crippen LogP contribution in [0.25, 0.3) is 0 Å². The molecule has 2 fully saturated rings. The van der Waals surface area contributed by atoms with Crippen molar-refractivity contribution in [2.24, 2.45) is 28.6 Å². The lowest BCUT2D eigenvalue weighted by Gasteiger charge is -2.36. The van der Waals surface area contributed by atoms with Crippen LogP contribution >= 0.6 is 0 Å². The van der Waals surface area contributed by atoms with Crippen LogP contribution in [0.15, 0.2) is 36.9 Å². The molecule has 0 aromatic heterocycles. The summed E-state index contributed by atoms with van der Waals surface area (Å²) in [4.78, 5) is 82.6. The molecule has 1 aromatic rings. The van der Waals surface area contributed by atoms with E-state index >= 15 is 0 Å². The lowest BCUT2D eigenvalue weighted by molar-refractivity contribution is -0.144. The number of carbonyl (C=O) groups is 6. The van der Waals surface area contributed by atoms with Crippen molar-refractivity contribution in [2.45, 2.75) is 118 Å². The number of amides is 6. The number of hydrogen-bond acceptors (Lipinski definition) is 7. The Balaban J connectivity index is 1.59. The van der Waals surface area contributed by atoms with Crippen molar-refractivity contribution >= 4 is 35.6 Å². The van der Waals surface area contributed by atoms with Gasteiger partial charge in [-0.1, -0.05) is 84.7 Å². The Hall–Kier alpha value is -4.42. The van der Waals surface area contributed by atoms with Crippen LogP contribution in [0.4, 0.5) is 9.59 Å². The molecule has 1 saturated carbocycles. The van der Waals surface area contributed by atoms with Crippen molar-refractivity contribution in [3.05, 3.63) is 48.0 Å². The molecule has 5 N–H and O–H groups in total. The molecular formula is C40H60N6O7. The van der Waals surface area contributed by atoms with Gasteiger partial charge >= 0.3 is 12.1 Å². The first-order valence-corrected chi connectivity index (χ1v) is 19.0. The number of ether oxygens (including phenoxy) is 1. The van der Waals surface area contributed by atoms with Crippen LogP contribution in [-0.2, 0) is 36.8 Å². The molecular weight excluding hydrogens is 676 g/mol. The van der Waals surface area contributed by atoms with Gasteiger partial charge in [0.15, 0.2) is 0 Å². The van der Waals surface area contributed by atoms with Crippen molar-refractivity contribution in [3.63, 3.8) is 0 Å². The zero-order valence-corrected chi connectivity index (χ0v) is 32.7. The molecule has 6 atom stereocenters. The van der Waals surface area contributed by atoms with E-state index in [4.69, 9.17) is 4.74 Å². The molecule has 292 valence electrons. The van der Waals surface area contributed by atoms with Crippen LogP contribution in [0.3, 0.4) is 0 Å². The first kappa shape index (κ1) is 41.3. The zero-order valence-electron chi connectivity index (χ0n) is 32.7. The fourth-order valence-corrected chi connectivity index (χ4v) is 7.83. The summed E-state index contributed by atoms with van der Waals surface area (Å²) < 4.78 is 5.44. The minimum absolute atomic E-state index is 0.0533. The van der Waals surface area contributed by atoms with E-state index in [1.807, 2.05) is 65.8 Å². The number of unbranched alkanes of at least 4 members (excludes halogenated alkanes) is 1. The average molecular weight is 737 g/mol. The van der Waals surface area contributed by atoms with Gasteiger partial charge in [-0.25, -0.2) is 9.59 Å². The Morgan fingerprint density at radius 2 is 1.64 bits per heavy atom. The Kier molecular flexibility index (Phi) is 13.4. The molecule has 2 aliphatic carbocycles. The summed E-state index contributed by atoms with van der Waals surface area (Å²) in [5, 5.41) is 14.0. The van der Waals surface area contributed by atoms with Gasteiger partial charge in [-0.15, -0.1) is 6.58 Å². The summed E-state index contributed by atoms with van der Waals surface area (Å²) in [5.41, 5.74) is 1.48. The molecule has 0 spiro atoms. The second-order valence-electron chi connectivity index (χ2n) is 16.8. The number of likely N-dealkylation sites (tertiary alicyclic amines) is 1. The van der Waals surface area contributed by atoms with E-state index in [1.54, 1.807) is 4.90 Å². The molecule has 3 aliphatic rings. The molecule has 1 aromatic carbocycles. The number of nitrogens with zero attached hydrogens (tertiary/aromatic N) is 1. The van der Waals surface area contributed by atoms with Crippen molar-refractivity contribution in [2.75, 3.05) is 19.7 Å². The Morgan fingerprint density at radius 3 is 2.21 bits per heavy atom.